The summed E-state index contributed by atoms with van der Waals surface area (Å²) in [6, 6.07) is 0. The number of hydrogen-bond donors (Lipinski definition) is 3. The van der Waals surface area contributed by atoms with E-state index in [9.17, 15) is 9.59 Å². The predicted octanol–water partition coefficient (Wildman–Crippen LogP) is 2.77. The van der Waals surface area contributed by atoms with E-state index in [4.69, 9.17) is 24.8 Å². The minimum absolute atomic E-state index is 0.125. The average molecular weight is 366 g/mol. The fraction of sp³-hybridized carbons (Fsp3) is 0.889. The van der Waals surface area contributed by atoms with Gasteiger partial charge in [0.15, 0.2) is 0 Å². The van der Waals surface area contributed by atoms with E-state index in [0.717, 1.165) is 26.1 Å². The van der Waals surface area contributed by atoms with Gasteiger partial charge in [-0.25, -0.2) is 0 Å². The number of aliphatic hydroxyl groups is 2. The first kappa shape index (κ1) is 28.6. The van der Waals surface area contributed by atoms with Gasteiger partial charge >= 0.3 is 11.9 Å². The summed E-state index contributed by atoms with van der Waals surface area (Å²) < 4.78 is 9.84. The molecule has 0 bridgehead atoms. The van der Waals surface area contributed by atoms with Gasteiger partial charge in [-0.05, 0) is 33.1 Å². The van der Waals surface area contributed by atoms with Crippen LogP contribution in [0.25, 0.3) is 0 Å². The van der Waals surface area contributed by atoms with Crippen LogP contribution >= 0.6 is 0 Å². The Balaban J connectivity index is -0.000000442. The molecule has 0 unspecified atom stereocenters. The van der Waals surface area contributed by atoms with Gasteiger partial charge in [-0.3, -0.25) is 9.59 Å². The number of carboxylic acid groups (broad SMARTS) is 1. The Morgan fingerprint density at radius 2 is 1.36 bits per heavy atom. The van der Waals surface area contributed by atoms with E-state index < -0.39 is 5.97 Å². The minimum atomic E-state index is -0.812. The Labute approximate surface area is 152 Å². The lowest BCUT2D eigenvalue weighted by atomic mass is 10.2. The van der Waals surface area contributed by atoms with E-state index in [2.05, 4.69) is 6.92 Å². The lowest BCUT2D eigenvalue weighted by molar-refractivity contribution is -0.144. The van der Waals surface area contributed by atoms with Crippen molar-refractivity contribution in [2.75, 3.05) is 33.0 Å². The number of aliphatic hydroxyl groups excluding tert-OH is 2. The second-order valence-corrected chi connectivity index (χ2v) is 5.11. The highest BCUT2D eigenvalue weighted by Crippen LogP contribution is 2.03. The lowest BCUT2D eigenvalue weighted by Crippen LogP contribution is -2.06. The number of carbonyl (C=O) groups excluding carboxylic acids is 1. The number of carbonyl (C=O) groups is 2. The van der Waals surface area contributed by atoms with Crippen LogP contribution in [0.3, 0.4) is 0 Å². The predicted molar refractivity (Wildman–Crippen MR) is 97.5 cm³/mol. The van der Waals surface area contributed by atoms with Crippen molar-refractivity contribution in [2.45, 2.75) is 72.1 Å². The van der Waals surface area contributed by atoms with Crippen molar-refractivity contribution < 1.29 is 34.4 Å². The number of ether oxygens (including phenoxy) is 2. The Kier molecular flexibility index (Phi) is 31.7. The second-order valence-electron chi connectivity index (χ2n) is 5.11. The zero-order valence-electron chi connectivity index (χ0n) is 16.2. The molecule has 7 heteroatoms. The first-order chi connectivity index (χ1) is 12.0. The minimum Gasteiger partial charge on any atom is -0.481 e. The van der Waals surface area contributed by atoms with Gasteiger partial charge < -0.3 is 24.8 Å². The summed E-state index contributed by atoms with van der Waals surface area (Å²) in [5, 5.41) is 23.6. The molecule has 0 amide bonds. The third-order valence-corrected chi connectivity index (χ3v) is 2.79. The fourth-order valence-electron chi connectivity index (χ4n) is 1.54. The molecular formula is C18H38O7. The van der Waals surface area contributed by atoms with Crippen LogP contribution in [0.2, 0.25) is 0 Å². The van der Waals surface area contributed by atoms with Crippen LogP contribution < -0.4 is 0 Å². The molecule has 0 saturated carbocycles. The maximum absolute atomic E-state index is 11.2. The molecule has 25 heavy (non-hydrogen) atoms. The Morgan fingerprint density at radius 3 is 1.76 bits per heavy atom. The largest absolute Gasteiger partial charge is 0.481 e. The summed E-state index contributed by atoms with van der Waals surface area (Å²) in [5.41, 5.74) is 0. The van der Waals surface area contributed by atoms with Crippen LogP contribution in [-0.4, -0.2) is 60.3 Å². The standard InChI is InChI=1S/C12H22O4.C4H10O.C2H6O2/c1-2-3-4-7-10-16-12(15)9-6-5-8-11(13)14;1-3-5-4-2;3-1-2-4/h2-10H2,1H3,(H,13,14);3-4H2,1-2H3;3-4H,1-2H2. The molecule has 0 radical (unpaired) electrons. The van der Waals surface area contributed by atoms with Crippen LogP contribution in [0.4, 0.5) is 0 Å². The molecule has 0 saturated heterocycles. The van der Waals surface area contributed by atoms with Crippen LogP contribution in [0.15, 0.2) is 0 Å². The van der Waals surface area contributed by atoms with Gasteiger partial charge in [0, 0.05) is 26.1 Å². The van der Waals surface area contributed by atoms with Crippen molar-refractivity contribution in [2.24, 2.45) is 0 Å². The van der Waals surface area contributed by atoms with Gasteiger partial charge in [-0.2, -0.15) is 0 Å². The summed E-state index contributed by atoms with van der Waals surface area (Å²) in [4.78, 5) is 21.4. The van der Waals surface area contributed by atoms with Crippen LogP contribution in [0, 0.1) is 0 Å². The molecule has 7 nitrogen and oxygen atoms in total. The molecule has 0 aromatic rings. The molecule has 152 valence electrons. The van der Waals surface area contributed by atoms with Crippen molar-refractivity contribution in [1.82, 2.24) is 0 Å². The van der Waals surface area contributed by atoms with Crippen LogP contribution in [0.1, 0.15) is 72.1 Å². The molecule has 0 aromatic carbocycles. The van der Waals surface area contributed by atoms with Gasteiger partial charge in [0.25, 0.3) is 0 Å². The Morgan fingerprint density at radius 1 is 0.800 bits per heavy atom. The summed E-state index contributed by atoms with van der Waals surface area (Å²) >= 11 is 0. The molecule has 0 aliphatic rings. The SMILES string of the molecule is CCCCCCOC(=O)CCCCC(=O)O.CCOCC.OCCO. The number of unbranched alkanes of at least 4 members (excludes halogenated alkanes) is 4. The van der Waals surface area contributed by atoms with Crippen molar-refractivity contribution in [3.63, 3.8) is 0 Å². The van der Waals surface area contributed by atoms with Crippen LogP contribution in [0.5, 0.6) is 0 Å². The topological polar surface area (TPSA) is 113 Å². The Hall–Kier alpha value is -1.18. The molecule has 0 fully saturated rings. The molecule has 0 heterocycles. The molecular weight excluding hydrogens is 328 g/mol. The zero-order chi connectivity index (χ0) is 19.8. The van der Waals surface area contributed by atoms with Crippen LogP contribution in [-0.2, 0) is 19.1 Å². The summed E-state index contributed by atoms with van der Waals surface area (Å²) in [7, 11) is 0. The fourth-order valence-corrected chi connectivity index (χ4v) is 1.54. The van der Waals surface area contributed by atoms with Gasteiger partial charge in [0.05, 0.1) is 19.8 Å². The number of esters is 1. The smallest absolute Gasteiger partial charge is 0.305 e. The highest BCUT2D eigenvalue weighted by atomic mass is 16.5. The molecule has 0 spiro atoms. The average Bonchev–Trinajstić information content (AvgIpc) is 2.60. The molecule has 0 atom stereocenters. The highest BCUT2D eigenvalue weighted by Gasteiger charge is 2.03. The monoisotopic (exact) mass is 366 g/mol. The van der Waals surface area contributed by atoms with Gasteiger partial charge in [0.1, 0.15) is 0 Å². The van der Waals surface area contributed by atoms with Crippen molar-refractivity contribution in [1.29, 1.82) is 0 Å². The number of hydrogen-bond acceptors (Lipinski definition) is 6. The number of rotatable bonds is 13. The quantitative estimate of drug-likeness (QED) is 0.339. The first-order valence-electron chi connectivity index (χ1n) is 9.16. The van der Waals surface area contributed by atoms with Gasteiger partial charge in [0.2, 0.25) is 0 Å². The van der Waals surface area contributed by atoms with E-state index in [1.54, 1.807) is 0 Å². The zero-order valence-corrected chi connectivity index (χ0v) is 16.2. The van der Waals surface area contributed by atoms with Crippen molar-refractivity contribution in [3.05, 3.63) is 0 Å². The number of carboxylic acids is 1. The Bertz CT molecular complexity index is 266. The van der Waals surface area contributed by atoms with E-state index >= 15 is 0 Å². The first-order valence-corrected chi connectivity index (χ1v) is 9.16. The normalized spacial score (nSPS) is 9.32. The lowest BCUT2D eigenvalue weighted by Gasteiger charge is -2.03. The van der Waals surface area contributed by atoms with E-state index in [-0.39, 0.29) is 25.6 Å². The van der Waals surface area contributed by atoms with E-state index in [1.165, 1.54) is 12.8 Å². The highest BCUT2D eigenvalue weighted by molar-refractivity contribution is 5.69. The summed E-state index contributed by atoms with van der Waals surface area (Å²) in [5.74, 6) is -1.02. The maximum Gasteiger partial charge on any atom is 0.305 e. The molecule has 0 aliphatic carbocycles. The molecule has 0 aliphatic heterocycles. The third kappa shape index (κ3) is 39.5. The molecule has 0 aromatic heterocycles. The van der Waals surface area contributed by atoms with Crippen molar-refractivity contribution >= 4 is 11.9 Å². The summed E-state index contributed by atoms with van der Waals surface area (Å²) in [6.07, 6.45) is 5.97. The van der Waals surface area contributed by atoms with Crippen molar-refractivity contribution in [3.8, 4) is 0 Å². The van der Waals surface area contributed by atoms with E-state index in [1.807, 2.05) is 13.8 Å². The molecule has 3 N–H and O–H groups in total. The van der Waals surface area contributed by atoms with Gasteiger partial charge in [-0.15, -0.1) is 0 Å². The van der Waals surface area contributed by atoms with E-state index in [0.29, 0.717) is 25.9 Å². The number of aliphatic carboxylic acids is 1. The molecule has 0 rings (SSSR count). The maximum atomic E-state index is 11.2. The third-order valence-electron chi connectivity index (χ3n) is 2.79. The second kappa shape index (κ2) is 27.7. The van der Waals surface area contributed by atoms with Gasteiger partial charge in [-0.1, -0.05) is 26.2 Å². The summed E-state index contributed by atoms with van der Waals surface area (Å²) in [6.45, 7) is 8.05.